The largest absolute Gasteiger partial charge is 0.508 e. The molecule has 2 rings (SSSR count). The van der Waals surface area contributed by atoms with E-state index < -0.39 is 0 Å². The van der Waals surface area contributed by atoms with Gasteiger partial charge in [0, 0.05) is 5.41 Å². The van der Waals surface area contributed by atoms with E-state index in [2.05, 4.69) is 51.1 Å². The van der Waals surface area contributed by atoms with Gasteiger partial charge in [0.15, 0.2) is 0 Å². The van der Waals surface area contributed by atoms with Crippen LogP contribution in [0.3, 0.4) is 0 Å². The summed E-state index contributed by atoms with van der Waals surface area (Å²) >= 11 is 0. The molecule has 0 fully saturated rings. The summed E-state index contributed by atoms with van der Waals surface area (Å²) in [6.45, 7) is 8.52. The van der Waals surface area contributed by atoms with Gasteiger partial charge in [-0.1, -0.05) is 50.2 Å². The lowest BCUT2D eigenvalue weighted by atomic mass is 9.74. The average Bonchev–Trinajstić information content (AvgIpc) is 2.32. The van der Waals surface area contributed by atoms with Crippen LogP contribution in [0.15, 0.2) is 42.5 Å². The molecule has 0 radical (unpaired) electrons. The van der Waals surface area contributed by atoms with Crippen LogP contribution in [0.2, 0.25) is 0 Å². The van der Waals surface area contributed by atoms with Crippen molar-refractivity contribution in [1.82, 2.24) is 0 Å². The van der Waals surface area contributed by atoms with Crippen molar-refractivity contribution in [3.8, 4) is 5.75 Å². The molecule has 2 aromatic carbocycles. The molecule has 0 aromatic heterocycles. The molecule has 0 aliphatic carbocycles. The minimum absolute atomic E-state index is 0.103. The molecule has 1 nitrogen and oxygen atoms in total. The van der Waals surface area contributed by atoms with Crippen LogP contribution in [0.1, 0.15) is 36.1 Å². The van der Waals surface area contributed by atoms with Crippen molar-refractivity contribution >= 4 is 0 Å². The fourth-order valence-corrected chi connectivity index (χ4v) is 2.72. The molecule has 0 aliphatic heterocycles. The Kier molecular flexibility index (Phi) is 3.16. The Morgan fingerprint density at radius 2 is 1.44 bits per heavy atom. The lowest BCUT2D eigenvalue weighted by Gasteiger charge is -2.29. The Hall–Kier alpha value is -1.76. The van der Waals surface area contributed by atoms with Crippen molar-refractivity contribution in [3.05, 3.63) is 64.7 Å². The van der Waals surface area contributed by atoms with Crippen LogP contribution in [0.4, 0.5) is 0 Å². The maximum absolute atomic E-state index is 9.88. The van der Waals surface area contributed by atoms with Gasteiger partial charge in [-0.05, 0) is 42.2 Å². The van der Waals surface area contributed by atoms with Gasteiger partial charge in [-0.15, -0.1) is 0 Å². The van der Waals surface area contributed by atoms with Crippen LogP contribution in [0, 0.1) is 13.8 Å². The summed E-state index contributed by atoms with van der Waals surface area (Å²) in [5.74, 6) is 0.370. The van der Waals surface area contributed by atoms with E-state index in [9.17, 15) is 5.11 Å². The summed E-state index contributed by atoms with van der Waals surface area (Å²) in [5, 5.41) is 9.88. The number of hydrogen-bond acceptors (Lipinski definition) is 1. The number of phenolic OH excluding ortho intramolecular Hbond substituents is 1. The van der Waals surface area contributed by atoms with Crippen LogP contribution < -0.4 is 0 Å². The van der Waals surface area contributed by atoms with Crippen molar-refractivity contribution in [2.45, 2.75) is 33.1 Å². The first-order valence-electron chi connectivity index (χ1n) is 6.29. The highest BCUT2D eigenvalue weighted by Crippen LogP contribution is 2.37. The molecular formula is C17H20O. The van der Waals surface area contributed by atoms with Crippen molar-refractivity contribution in [2.24, 2.45) is 0 Å². The Labute approximate surface area is 109 Å². The van der Waals surface area contributed by atoms with Crippen LogP contribution in [-0.2, 0) is 5.41 Å². The summed E-state index contributed by atoms with van der Waals surface area (Å²) in [4.78, 5) is 0. The molecule has 0 saturated carbocycles. The summed E-state index contributed by atoms with van der Waals surface area (Å²) in [7, 11) is 0. The van der Waals surface area contributed by atoms with E-state index in [1.54, 1.807) is 6.07 Å². The fourth-order valence-electron chi connectivity index (χ4n) is 2.72. The Morgan fingerprint density at radius 3 is 2.11 bits per heavy atom. The smallest absolute Gasteiger partial charge is 0.118 e. The lowest BCUT2D eigenvalue weighted by Crippen LogP contribution is -2.21. The molecule has 94 valence electrons. The van der Waals surface area contributed by atoms with Crippen molar-refractivity contribution in [1.29, 1.82) is 0 Å². The number of rotatable bonds is 2. The van der Waals surface area contributed by atoms with Gasteiger partial charge in [0.25, 0.3) is 0 Å². The van der Waals surface area contributed by atoms with Gasteiger partial charge in [0.05, 0.1) is 0 Å². The van der Waals surface area contributed by atoms with E-state index in [4.69, 9.17) is 0 Å². The Bertz CT molecular complexity index is 568. The van der Waals surface area contributed by atoms with Crippen LogP contribution >= 0.6 is 0 Å². The third-order valence-electron chi connectivity index (χ3n) is 3.80. The zero-order valence-corrected chi connectivity index (χ0v) is 11.5. The molecule has 1 heteroatoms. The Balaban J connectivity index is 2.62. The highest BCUT2D eigenvalue weighted by Gasteiger charge is 2.26. The predicted octanol–water partition coefficient (Wildman–Crippen LogP) is 4.33. The number of hydrogen-bond donors (Lipinski definition) is 1. The minimum Gasteiger partial charge on any atom is -0.508 e. The summed E-state index contributed by atoms with van der Waals surface area (Å²) in [5.41, 5.74) is 4.63. The zero-order valence-electron chi connectivity index (χ0n) is 11.5. The van der Waals surface area contributed by atoms with E-state index in [1.807, 2.05) is 13.0 Å². The standard InChI is InChI=1S/C17H20O/c1-12-8-5-6-9-14(12)17(3,4)15-10-7-11-16(18)13(15)2/h5-11,18H,1-4H3. The minimum atomic E-state index is -0.103. The molecule has 0 amide bonds. The Morgan fingerprint density at radius 1 is 0.833 bits per heavy atom. The zero-order chi connectivity index (χ0) is 13.3. The van der Waals surface area contributed by atoms with E-state index in [0.29, 0.717) is 5.75 Å². The number of aryl methyl sites for hydroxylation is 1. The average molecular weight is 240 g/mol. The van der Waals surface area contributed by atoms with Gasteiger partial charge in [-0.2, -0.15) is 0 Å². The van der Waals surface area contributed by atoms with Crippen molar-refractivity contribution < 1.29 is 5.11 Å². The molecule has 2 aromatic rings. The summed E-state index contributed by atoms with van der Waals surface area (Å²) in [6, 6.07) is 14.2. The molecule has 0 unspecified atom stereocenters. The van der Waals surface area contributed by atoms with Gasteiger partial charge in [-0.25, -0.2) is 0 Å². The van der Waals surface area contributed by atoms with Gasteiger partial charge in [-0.3, -0.25) is 0 Å². The molecule has 0 spiro atoms. The summed E-state index contributed by atoms with van der Waals surface area (Å²) in [6.07, 6.45) is 0. The number of benzene rings is 2. The fraction of sp³-hybridized carbons (Fsp3) is 0.294. The van der Waals surface area contributed by atoms with E-state index >= 15 is 0 Å². The first kappa shape index (κ1) is 12.7. The molecule has 0 heterocycles. The normalized spacial score (nSPS) is 11.6. The highest BCUT2D eigenvalue weighted by molar-refractivity contribution is 5.48. The topological polar surface area (TPSA) is 20.2 Å². The third-order valence-corrected chi connectivity index (χ3v) is 3.80. The number of phenols is 1. The molecule has 18 heavy (non-hydrogen) atoms. The lowest BCUT2D eigenvalue weighted by molar-refractivity contribution is 0.467. The van der Waals surface area contributed by atoms with E-state index in [1.165, 1.54) is 16.7 Å². The van der Waals surface area contributed by atoms with Crippen LogP contribution in [0.5, 0.6) is 5.75 Å². The second-order valence-corrected chi connectivity index (χ2v) is 5.39. The summed E-state index contributed by atoms with van der Waals surface area (Å²) < 4.78 is 0. The van der Waals surface area contributed by atoms with Crippen LogP contribution in [0.25, 0.3) is 0 Å². The SMILES string of the molecule is Cc1ccccc1C(C)(C)c1cccc(O)c1C. The maximum atomic E-state index is 9.88. The quantitative estimate of drug-likeness (QED) is 0.828. The maximum Gasteiger partial charge on any atom is 0.118 e. The molecule has 0 bridgehead atoms. The monoisotopic (exact) mass is 240 g/mol. The van der Waals surface area contributed by atoms with Gasteiger partial charge >= 0.3 is 0 Å². The predicted molar refractivity (Wildman–Crippen MR) is 76.2 cm³/mol. The molecule has 0 saturated heterocycles. The van der Waals surface area contributed by atoms with E-state index in [0.717, 1.165) is 5.56 Å². The second-order valence-electron chi connectivity index (χ2n) is 5.39. The molecule has 0 aliphatic rings. The molecule has 0 atom stereocenters. The molecular weight excluding hydrogens is 220 g/mol. The molecule has 1 N–H and O–H groups in total. The first-order valence-corrected chi connectivity index (χ1v) is 6.29. The first-order chi connectivity index (χ1) is 8.44. The number of aromatic hydroxyl groups is 1. The second kappa shape index (κ2) is 4.49. The van der Waals surface area contributed by atoms with Crippen molar-refractivity contribution in [2.75, 3.05) is 0 Å². The van der Waals surface area contributed by atoms with Gasteiger partial charge in [0.1, 0.15) is 5.75 Å². The van der Waals surface area contributed by atoms with Crippen molar-refractivity contribution in [3.63, 3.8) is 0 Å². The van der Waals surface area contributed by atoms with Crippen LogP contribution in [-0.4, -0.2) is 5.11 Å². The third kappa shape index (κ3) is 2.01. The van der Waals surface area contributed by atoms with Gasteiger partial charge < -0.3 is 5.11 Å². The highest BCUT2D eigenvalue weighted by atomic mass is 16.3. The van der Waals surface area contributed by atoms with E-state index in [-0.39, 0.29) is 5.41 Å². The van der Waals surface area contributed by atoms with Gasteiger partial charge in [0.2, 0.25) is 0 Å².